The van der Waals surface area contributed by atoms with Gasteiger partial charge in [0.1, 0.15) is 0 Å². The number of rotatable bonds is 7. The SMILES string of the molecule is Cc1ccc(-c2nnn(C3CC3)n2)cc1NC(=O)c1cnn2ccc(-c3cnn([C@@H](C)[C@H](C)O)c3C)cc12. The molecule has 0 radical (unpaired) electrons. The molecule has 38 heavy (non-hydrogen) atoms. The highest BCUT2D eigenvalue weighted by atomic mass is 16.3. The number of carbonyl (C=O) groups is 1. The van der Waals surface area contributed by atoms with Crippen molar-refractivity contribution in [3.8, 4) is 22.5 Å². The molecule has 6 rings (SSSR count). The Morgan fingerprint density at radius 1 is 1.08 bits per heavy atom. The number of aryl methyl sites for hydroxylation is 1. The van der Waals surface area contributed by atoms with Gasteiger partial charge in [0.05, 0.1) is 41.7 Å². The van der Waals surface area contributed by atoms with Gasteiger partial charge in [0.25, 0.3) is 5.91 Å². The van der Waals surface area contributed by atoms with Crippen LogP contribution < -0.4 is 5.32 Å². The number of aromatic nitrogens is 8. The monoisotopic (exact) mass is 511 g/mol. The fourth-order valence-electron chi connectivity index (χ4n) is 4.53. The van der Waals surface area contributed by atoms with Crippen LogP contribution in [0.3, 0.4) is 0 Å². The number of tetrazole rings is 1. The molecule has 0 saturated heterocycles. The van der Waals surface area contributed by atoms with Gasteiger partial charge in [-0.15, -0.1) is 10.2 Å². The third-order valence-corrected chi connectivity index (χ3v) is 7.25. The maximum atomic E-state index is 13.4. The van der Waals surface area contributed by atoms with Gasteiger partial charge in [-0.05, 0) is 75.1 Å². The second-order valence-electron chi connectivity index (χ2n) is 10.0. The zero-order chi connectivity index (χ0) is 26.6. The van der Waals surface area contributed by atoms with Gasteiger partial charge in [0.2, 0.25) is 5.82 Å². The average Bonchev–Trinajstić information content (AvgIpc) is 3.30. The second kappa shape index (κ2) is 9.18. The van der Waals surface area contributed by atoms with Crippen LogP contribution in [0, 0.1) is 13.8 Å². The third-order valence-electron chi connectivity index (χ3n) is 7.25. The maximum Gasteiger partial charge on any atom is 0.259 e. The molecular formula is C27H29N9O2. The number of fused-ring (bicyclic) bond motifs is 1. The molecule has 0 unspecified atom stereocenters. The molecule has 2 N–H and O–H groups in total. The summed E-state index contributed by atoms with van der Waals surface area (Å²) in [5.41, 5.74) is 6.31. The zero-order valence-corrected chi connectivity index (χ0v) is 21.7. The number of carbonyl (C=O) groups excluding carboxylic acids is 1. The standard InChI is InChI=1S/C27H29N9O2/c1-15-5-6-20(26-31-33-36(32-26)21-7-8-21)11-24(15)30-27(38)23-14-28-34-10-9-19(12-25(23)34)22-13-29-35(17(22)3)16(2)18(4)37/h5-6,9-14,16,18,21,37H,7-8H2,1-4H3,(H,30,38)/t16-,18-/m0/s1. The largest absolute Gasteiger partial charge is 0.391 e. The molecule has 1 amide bonds. The smallest absolute Gasteiger partial charge is 0.259 e. The number of benzene rings is 1. The molecule has 0 bridgehead atoms. The molecule has 11 heteroatoms. The summed E-state index contributed by atoms with van der Waals surface area (Å²) in [4.78, 5) is 15.1. The van der Waals surface area contributed by atoms with E-state index in [1.165, 1.54) is 0 Å². The summed E-state index contributed by atoms with van der Waals surface area (Å²) >= 11 is 0. The molecule has 194 valence electrons. The molecule has 1 fully saturated rings. The Balaban J connectivity index is 1.29. The molecule has 0 aliphatic heterocycles. The Labute approximate surface area is 219 Å². The first-order valence-corrected chi connectivity index (χ1v) is 12.7. The minimum Gasteiger partial charge on any atom is -0.391 e. The summed E-state index contributed by atoms with van der Waals surface area (Å²) in [6, 6.07) is 9.82. The predicted molar refractivity (Wildman–Crippen MR) is 142 cm³/mol. The van der Waals surface area contributed by atoms with Gasteiger partial charge >= 0.3 is 0 Å². The van der Waals surface area contributed by atoms with E-state index in [-0.39, 0.29) is 11.9 Å². The summed E-state index contributed by atoms with van der Waals surface area (Å²) in [5.74, 6) is 0.274. The molecule has 2 atom stereocenters. The normalized spacial score (nSPS) is 15.1. The van der Waals surface area contributed by atoms with Gasteiger partial charge in [-0.25, -0.2) is 4.52 Å². The first-order chi connectivity index (χ1) is 18.3. The average molecular weight is 512 g/mol. The van der Waals surface area contributed by atoms with E-state index in [0.717, 1.165) is 40.8 Å². The van der Waals surface area contributed by atoms with E-state index in [0.29, 0.717) is 28.6 Å². The Morgan fingerprint density at radius 2 is 1.89 bits per heavy atom. The van der Waals surface area contributed by atoms with Crippen molar-refractivity contribution in [3.63, 3.8) is 0 Å². The molecule has 4 heterocycles. The summed E-state index contributed by atoms with van der Waals surface area (Å²) in [7, 11) is 0. The maximum absolute atomic E-state index is 13.4. The van der Waals surface area contributed by atoms with Crippen LogP contribution in [-0.2, 0) is 0 Å². The fraction of sp³-hybridized carbons (Fsp3) is 0.333. The van der Waals surface area contributed by atoms with Gasteiger partial charge in [-0.1, -0.05) is 12.1 Å². The van der Waals surface area contributed by atoms with Crippen LogP contribution in [0.5, 0.6) is 0 Å². The quantitative estimate of drug-likeness (QED) is 0.338. The van der Waals surface area contributed by atoms with E-state index >= 15 is 0 Å². The van der Waals surface area contributed by atoms with Gasteiger partial charge in [-0.2, -0.15) is 15.0 Å². The minimum absolute atomic E-state index is 0.156. The third kappa shape index (κ3) is 4.24. The number of pyridine rings is 1. The molecule has 0 spiro atoms. The van der Waals surface area contributed by atoms with Crippen molar-refractivity contribution in [1.29, 1.82) is 0 Å². The molecule has 1 saturated carbocycles. The second-order valence-corrected chi connectivity index (χ2v) is 10.0. The number of nitrogens with zero attached hydrogens (tertiary/aromatic N) is 8. The first-order valence-electron chi connectivity index (χ1n) is 12.7. The number of hydrogen-bond donors (Lipinski definition) is 2. The molecule has 5 aromatic rings. The van der Waals surface area contributed by atoms with Crippen molar-refractivity contribution in [2.45, 2.75) is 58.7 Å². The van der Waals surface area contributed by atoms with E-state index < -0.39 is 6.10 Å². The number of hydrogen-bond acceptors (Lipinski definition) is 7. The van der Waals surface area contributed by atoms with Crippen molar-refractivity contribution < 1.29 is 9.90 Å². The van der Waals surface area contributed by atoms with Crippen molar-refractivity contribution in [3.05, 3.63) is 65.7 Å². The van der Waals surface area contributed by atoms with Gasteiger partial charge < -0.3 is 10.4 Å². The van der Waals surface area contributed by atoms with Crippen molar-refractivity contribution in [2.24, 2.45) is 0 Å². The van der Waals surface area contributed by atoms with E-state index in [1.807, 2.05) is 62.0 Å². The van der Waals surface area contributed by atoms with Crippen LogP contribution in [0.4, 0.5) is 5.69 Å². The molecule has 1 aliphatic carbocycles. The lowest BCUT2D eigenvalue weighted by molar-refractivity contribution is 0.102. The lowest BCUT2D eigenvalue weighted by atomic mass is 10.1. The fourth-order valence-corrected chi connectivity index (χ4v) is 4.53. The van der Waals surface area contributed by atoms with Crippen molar-refractivity contribution in [2.75, 3.05) is 5.32 Å². The Bertz CT molecular complexity index is 1660. The van der Waals surface area contributed by atoms with E-state index in [1.54, 1.807) is 28.6 Å². The van der Waals surface area contributed by atoms with Crippen molar-refractivity contribution >= 4 is 17.1 Å². The van der Waals surface area contributed by atoms with E-state index in [2.05, 4.69) is 30.9 Å². The van der Waals surface area contributed by atoms with Crippen LogP contribution in [0.25, 0.3) is 28.0 Å². The summed E-state index contributed by atoms with van der Waals surface area (Å²) in [6.07, 6.45) is 6.82. The van der Waals surface area contributed by atoms with Crippen LogP contribution in [-0.4, -0.2) is 56.7 Å². The van der Waals surface area contributed by atoms with Crippen molar-refractivity contribution in [1.82, 2.24) is 39.6 Å². The topological polar surface area (TPSA) is 128 Å². The number of amides is 1. The van der Waals surface area contributed by atoms with E-state index in [9.17, 15) is 9.90 Å². The van der Waals surface area contributed by atoms with Gasteiger partial charge in [0.15, 0.2) is 0 Å². The molecule has 11 nitrogen and oxygen atoms in total. The Kier molecular flexibility index (Phi) is 5.79. The van der Waals surface area contributed by atoms with Gasteiger partial charge in [-0.3, -0.25) is 9.48 Å². The van der Waals surface area contributed by atoms with Crippen LogP contribution in [0.1, 0.15) is 60.4 Å². The highest BCUT2D eigenvalue weighted by Gasteiger charge is 2.27. The Morgan fingerprint density at radius 3 is 2.66 bits per heavy atom. The summed E-state index contributed by atoms with van der Waals surface area (Å²) in [6.45, 7) is 7.60. The Hall–Kier alpha value is -4.38. The highest BCUT2D eigenvalue weighted by molar-refractivity contribution is 6.09. The molecule has 1 aromatic carbocycles. The van der Waals surface area contributed by atoms with Crippen LogP contribution in [0.2, 0.25) is 0 Å². The first kappa shape index (κ1) is 24.0. The lowest BCUT2D eigenvalue weighted by Gasteiger charge is -2.17. The molecule has 1 aliphatic rings. The number of aliphatic hydroxyl groups excluding tert-OH is 1. The van der Waals surface area contributed by atoms with Gasteiger partial charge in [0, 0.05) is 28.7 Å². The van der Waals surface area contributed by atoms with Crippen LogP contribution >= 0.6 is 0 Å². The highest BCUT2D eigenvalue weighted by Crippen LogP contribution is 2.34. The zero-order valence-electron chi connectivity index (χ0n) is 21.7. The number of aliphatic hydroxyl groups is 1. The summed E-state index contributed by atoms with van der Waals surface area (Å²) in [5, 5.41) is 34.8. The predicted octanol–water partition coefficient (Wildman–Crippen LogP) is 4.00. The van der Waals surface area contributed by atoms with E-state index in [4.69, 9.17) is 0 Å². The number of anilines is 1. The lowest BCUT2D eigenvalue weighted by Crippen LogP contribution is -2.20. The van der Waals surface area contributed by atoms with Crippen LogP contribution in [0.15, 0.2) is 48.9 Å². The number of nitrogens with one attached hydrogen (secondary N) is 1. The summed E-state index contributed by atoms with van der Waals surface area (Å²) < 4.78 is 3.50. The molecule has 4 aromatic heterocycles. The molecular weight excluding hydrogens is 482 g/mol. The minimum atomic E-state index is -0.531.